The van der Waals surface area contributed by atoms with Gasteiger partial charge in [0.25, 0.3) is 0 Å². The van der Waals surface area contributed by atoms with E-state index in [1.807, 2.05) is 56.3 Å². The number of allylic oxidation sites excluding steroid dienone is 1. The molecule has 0 saturated heterocycles. The summed E-state index contributed by atoms with van der Waals surface area (Å²) in [5.41, 5.74) is 1.65. The monoisotopic (exact) mass is 452 g/mol. The number of hydrogen-bond acceptors (Lipinski definition) is 3. The molecule has 0 aliphatic carbocycles. The van der Waals surface area contributed by atoms with Crippen LogP contribution in [0.3, 0.4) is 0 Å². The molecule has 0 radical (unpaired) electrons. The Morgan fingerprint density at radius 3 is 2.61 bits per heavy atom. The van der Waals surface area contributed by atoms with Crippen LogP contribution in [0, 0.1) is 0 Å². The molecule has 2 aromatic carbocycles. The van der Waals surface area contributed by atoms with E-state index in [4.69, 9.17) is 4.74 Å². The first kappa shape index (κ1) is 16.8. The van der Waals surface area contributed by atoms with E-state index in [1.54, 1.807) is 0 Å². The minimum atomic E-state index is 0.0498. The van der Waals surface area contributed by atoms with Crippen molar-refractivity contribution in [3.63, 3.8) is 0 Å². The molecule has 2 aromatic rings. The third kappa shape index (κ3) is 3.57. The highest BCUT2D eigenvalue weighted by Crippen LogP contribution is 2.43. The van der Waals surface area contributed by atoms with Gasteiger partial charge in [-0.05, 0) is 60.1 Å². The number of thioether (sulfide) groups is 1. The number of carbonyl (C=O) groups excluding carboxylic acids is 1. The van der Waals surface area contributed by atoms with E-state index < -0.39 is 0 Å². The molecule has 0 saturated carbocycles. The summed E-state index contributed by atoms with van der Waals surface area (Å²) in [6, 6.07) is 11.6. The van der Waals surface area contributed by atoms with Crippen molar-refractivity contribution in [3.05, 3.63) is 61.4 Å². The number of carbonyl (C=O) groups is 1. The van der Waals surface area contributed by atoms with E-state index in [2.05, 4.69) is 31.9 Å². The van der Waals surface area contributed by atoms with Crippen LogP contribution >= 0.6 is 43.6 Å². The van der Waals surface area contributed by atoms with Crippen molar-refractivity contribution in [1.29, 1.82) is 0 Å². The summed E-state index contributed by atoms with van der Waals surface area (Å²) in [5, 5.41) is 0. The van der Waals surface area contributed by atoms with Gasteiger partial charge in [-0.3, -0.25) is 4.79 Å². The minimum absolute atomic E-state index is 0.0498. The molecule has 0 bridgehead atoms. The number of ether oxygens (including phenoxy) is 1. The summed E-state index contributed by atoms with van der Waals surface area (Å²) < 4.78 is 7.71. The number of ketones is 1. The zero-order valence-electron chi connectivity index (χ0n) is 12.6. The van der Waals surface area contributed by atoms with Gasteiger partial charge in [0.15, 0.2) is 0 Å². The van der Waals surface area contributed by atoms with Crippen LogP contribution in [0.25, 0.3) is 6.08 Å². The molecular weight excluding hydrogens is 440 g/mol. The molecule has 0 N–H and O–H groups in total. The molecule has 0 spiro atoms. The van der Waals surface area contributed by atoms with Gasteiger partial charge in [0.05, 0.1) is 15.5 Å². The molecule has 0 unspecified atom stereocenters. The predicted molar refractivity (Wildman–Crippen MR) is 102 cm³/mol. The maximum absolute atomic E-state index is 12.6. The topological polar surface area (TPSA) is 26.3 Å². The number of hydrogen-bond donors (Lipinski definition) is 0. The first-order chi connectivity index (χ1) is 11.0. The highest BCUT2D eigenvalue weighted by atomic mass is 79.9. The lowest BCUT2D eigenvalue weighted by Crippen LogP contribution is -2.07. The van der Waals surface area contributed by atoms with Crippen molar-refractivity contribution >= 4 is 55.5 Å². The van der Waals surface area contributed by atoms with Gasteiger partial charge in [-0.25, -0.2) is 0 Å². The second kappa shape index (κ2) is 6.83. The van der Waals surface area contributed by atoms with Crippen molar-refractivity contribution < 1.29 is 9.53 Å². The maximum atomic E-state index is 12.6. The second-order valence-corrected chi connectivity index (χ2v) is 8.26. The van der Waals surface area contributed by atoms with E-state index in [0.717, 1.165) is 30.7 Å². The van der Waals surface area contributed by atoms with Gasteiger partial charge in [-0.1, -0.05) is 39.8 Å². The highest BCUT2D eigenvalue weighted by Gasteiger charge is 2.26. The smallest absolute Gasteiger partial charge is 0.200 e. The number of Topliss-reactive ketones (excluding diaryl/α,β-unsaturated/α-hetero) is 1. The molecule has 23 heavy (non-hydrogen) atoms. The SMILES string of the molecule is CC(C)Oc1c(Br)cc(Br)cc1/C=C1/Sc2ccccc2C1=O. The van der Waals surface area contributed by atoms with Crippen molar-refractivity contribution in [2.45, 2.75) is 24.8 Å². The zero-order valence-corrected chi connectivity index (χ0v) is 16.6. The summed E-state index contributed by atoms with van der Waals surface area (Å²) in [6.07, 6.45) is 1.95. The van der Waals surface area contributed by atoms with Gasteiger partial charge in [-0.15, -0.1) is 0 Å². The maximum Gasteiger partial charge on any atom is 0.200 e. The Morgan fingerprint density at radius 1 is 1.17 bits per heavy atom. The normalized spacial score (nSPS) is 15.3. The first-order valence-electron chi connectivity index (χ1n) is 7.14. The second-order valence-electron chi connectivity index (χ2n) is 5.41. The average Bonchev–Trinajstić information content (AvgIpc) is 2.79. The van der Waals surface area contributed by atoms with E-state index in [9.17, 15) is 4.79 Å². The van der Waals surface area contributed by atoms with Gasteiger partial charge >= 0.3 is 0 Å². The quantitative estimate of drug-likeness (QED) is 0.508. The van der Waals surface area contributed by atoms with Gasteiger partial charge in [-0.2, -0.15) is 0 Å². The molecule has 0 fully saturated rings. The van der Waals surface area contributed by atoms with Crippen molar-refractivity contribution in [3.8, 4) is 5.75 Å². The Kier molecular flexibility index (Phi) is 4.99. The van der Waals surface area contributed by atoms with Gasteiger partial charge < -0.3 is 4.74 Å². The molecule has 1 aliphatic rings. The average molecular weight is 454 g/mol. The number of halogens is 2. The molecule has 2 nitrogen and oxygen atoms in total. The fraction of sp³-hybridized carbons (Fsp3) is 0.167. The molecular formula is C18H14Br2O2S. The Labute approximate surface area is 156 Å². The van der Waals surface area contributed by atoms with Crippen LogP contribution < -0.4 is 4.74 Å². The van der Waals surface area contributed by atoms with Crippen LogP contribution in [0.2, 0.25) is 0 Å². The summed E-state index contributed by atoms with van der Waals surface area (Å²) in [5.74, 6) is 0.817. The van der Waals surface area contributed by atoms with Crippen LogP contribution in [0.4, 0.5) is 0 Å². The fourth-order valence-electron chi connectivity index (χ4n) is 2.32. The Balaban J connectivity index is 2.05. The van der Waals surface area contributed by atoms with Crippen molar-refractivity contribution in [2.24, 2.45) is 0 Å². The Hall–Kier alpha value is -1.04. The molecule has 5 heteroatoms. The number of rotatable bonds is 3. The molecule has 118 valence electrons. The van der Waals surface area contributed by atoms with E-state index >= 15 is 0 Å². The van der Waals surface area contributed by atoms with E-state index in [-0.39, 0.29) is 11.9 Å². The third-order valence-corrected chi connectivity index (χ3v) is 5.40. The number of fused-ring (bicyclic) bond motifs is 1. The van der Waals surface area contributed by atoms with E-state index in [0.29, 0.717) is 4.91 Å². The number of benzene rings is 2. The van der Waals surface area contributed by atoms with Crippen LogP contribution in [-0.2, 0) is 0 Å². The van der Waals surface area contributed by atoms with Crippen LogP contribution in [0.5, 0.6) is 5.75 Å². The minimum Gasteiger partial charge on any atom is -0.489 e. The molecule has 0 atom stereocenters. The molecule has 0 aromatic heterocycles. The third-order valence-electron chi connectivity index (χ3n) is 3.25. The first-order valence-corrected chi connectivity index (χ1v) is 9.55. The van der Waals surface area contributed by atoms with Gasteiger partial charge in [0.2, 0.25) is 5.78 Å². The van der Waals surface area contributed by atoms with Crippen LogP contribution in [-0.4, -0.2) is 11.9 Å². The summed E-state index contributed by atoms with van der Waals surface area (Å²) in [7, 11) is 0. The largest absolute Gasteiger partial charge is 0.489 e. The van der Waals surface area contributed by atoms with Crippen molar-refractivity contribution in [1.82, 2.24) is 0 Å². The molecule has 1 heterocycles. The van der Waals surface area contributed by atoms with Gasteiger partial charge in [0, 0.05) is 20.5 Å². The zero-order chi connectivity index (χ0) is 16.6. The molecule has 3 rings (SSSR count). The van der Waals surface area contributed by atoms with Gasteiger partial charge in [0.1, 0.15) is 5.75 Å². The molecule has 1 aliphatic heterocycles. The lowest BCUT2D eigenvalue weighted by molar-refractivity contribution is 0.104. The summed E-state index contributed by atoms with van der Waals surface area (Å²) in [6.45, 7) is 3.97. The lowest BCUT2D eigenvalue weighted by Gasteiger charge is -2.15. The Bertz CT molecular complexity index is 813. The predicted octanol–water partition coefficient (Wildman–Crippen LogP) is 6.33. The fourth-order valence-corrected chi connectivity index (χ4v) is 4.72. The van der Waals surface area contributed by atoms with Crippen LogP contribution in [0.1, 0.15) is 29.8 Å². The highest BCUT2D eigenvalue weighted by molar-refractivity contribution is 9.11. The summed E-state index contributed by atoms with van der Waals surface area (Å²) in [4.78, 5) is 14.3. The standard InChI is InChI=1S/C18H14Br2O2S/c1-10(2)22-18-11(7-12(19)9-14(18)20)8-16-17(21)13-5-3-4-6-15(13)23-16/h3-10H,1-2H3/b16-8+. The summed E-state index contributed by atoms with van der Waals surface area (Å²) >= 11 is 8.55. The molecule has 0 amide bonds. The van der Waals surface area contributed by atoms with Crippen molar-refractivity contribution in [2.75, 3.05) is 0 Å². The van der Waals surface area contributed by atoms with E-state index in [1.165, 1.54) is 11.8 Å². The lowest BCUT2D eigenvalue weighted by atomic mass is 10.1. The van der Waals surface area contributed by atoms with Crippen LogP contribution in [0.15, 0.2) is 55.1 Å². The Morgan fingerprint density at radius 2 is 1.91 bits per heavy atom.